The van der Waals surface area contributed by atoms with E-state index in [-0.39, 0.29) is 6.42 Å². The van der Waals surface area contributed by atoms with E-state index in [9.17, 15) is 14.7 Å². The van der Waals surface area contributed by atoms with E-state index >= 15 is 0 Å². The molecule has 0 aliphatic heterocycles. The number of carbonyl (C=O) groups is 2. The summed E-state index contributed by atoms with van der Waals surface area (Å²) in [6.07, 6.45) is 29.3. The van der Waals surface area contributed by atoms with Gasteiger partial charge in [0.05, 0.1) is 6.42 Å². The van der Waals surface area contributed by atoms with Crippen LogP contribution in [0.15, 0.2) is 0 Å². The van der Waals surface area contributed by atoms with Gasteiger partial charge in [-0.1, -0.05) is 148 Å². The lowest BCUT2D eigenvalue weighted by atomic mass is 9.94. The monoisotopic (exact) mass is 502 g/mol. The molecule has 0 amide bonds. The van der Waals surface area contributed by atoms with E-state index in [4.69, 9.17) is 0 Å². The van der Waals surface area contributed by atoms with E-state index in [0.29, 0.717) is 6.42 Å². The summed E-state index contributed by atoms with van der Waals surface area (Å²) in [4.78, 5) is 22.6. The fourth-order valence-corrected chi connectivity index (χ4v) is 5.00. The molecule has 0 saturated carbocycles. The number of hydrogen-bond acceptors (Lipinski definition) is 3. The first-order valence-electron chi connectivity index (χ1n) is 14.1. The van der Waals surface area contributed by atoms with Crippen LogP contribution in [-0.2, 0) is 9.59 Å². The fourth-order valence-electron chi connectivity index (χ4n) is 4.55. The molecule has 3 nitrogen and oxygen atoms in total. The van der Waals surface area contributed by atoms with Crippen molar-refractivity contribution in [3.8, 4) is 0 Å². The summed E-state index contributed by atoms with van der Waals surface area (Å²) >= 11 is 7.40. The number of aliphatic hydroxyl groups is 1. The summed E-state index contributed by atoms with van der Waals surface area (Å²) < 4.78 is 0. The van der Waals surface area contributed by atoms with Gasteiger partial charge < -0.3 is 5.11 Å². The average Bonchev–Trinajstić information content (AvgIpc) is 2.76. The Labute approximate surface area is 216 Å². The van der Waals surface area contributed by atoms with Crippen LogP contribution in [0.4, 0.5) is 0 Å². The predicted molar refractivity (Wildman–Crippen MR) is 149 cm³/mol. The molecule has 0 bridgehead atoms. The van der Waals surface area contributed by atoms with Crippen LogP contribution in [0.25, 0.3) is 0 Å². The van der Waals surface area contributed by atoms with Crippen molar-refractivity contribution in [3.05, 3.63) is 0 Å². The van der Waals surface area contributed by atoms with E-state index in [2.05, 4.69) is 32.2 Å². The van der Waals surface area contributed by atoms with Gasteiger partial charge in [-0.15, -0.1) is 25.3 Å². The fraction of sp³-hybridized carbons (Fsp3) is 0.929. The largest absolute Gasteiger partial charge is 0.381 e. The maximum atomic E-state index is 11.5. The van der Waals surface area contributed by atoms with Crippen LogP contribution in [0, 0.1) is 0 Å². The third-order valence-corrected chi connectivity index (χ3v) is 7.36. The molecule has 5 heteroatoms. The summed E-state index contributed by atoms with van der Waals surface area (Å²) in [5.74, 6) is 0. The average molecular weight is 503 g/mol. The molecule has 0 aliphatic rings. The second-order valence-electron chi connectivity index (χ2n) is 10.1. The predicted octanol–water partition coefficient (Wildman–Crippen LogP) is 9.01. The zero-order valence-corrected chi connectivity index (χ0v) is 23.4. The Morgan fingerprint density at radius 2 is 0.818 bits per heavy atom. The van der Waals surface area contributed by atoms with Crippen molar-refractivity contribution in [1.82, 2.24) is 0 Å². The third kappa shape index (κ3) is 22.2. The first-order valence-corrected chi connectivity index (χ1v) is 15.0. The van der Waals surface area contributed by atoms with Crippen molar-refractivity contribution >= 4 is 35.5 Å². The molecule has 0 saturated heterocycles. The summed E-state index contributed by atoms with van der Waals surface area (Å²) in [5.41, 5.74) is -1.64. The number of thiol groups is 2. The Kier molecular flexibility index (Phi) is 23.7. The van der Waals surface area contributed by atoms with Crippen molar-refractivity contribution in [2.45, 2.75) is 167 Å². The maximum Gasteiger partial charge on any atom is 0.217 e. The molecule has 0 aromatic rings. The first kappa shape index (κ1) is 33.0. The highest BCUT2D eigenvalue weighted by Gasteiger charge is 2.34. The Morgan fingerprint density at radius 1 is 0.545 bits per heavy atom. The van der Waals surface area contributed by atoms with Gasteiger partial charge >= 0.3 is 0 Å². The molecular formula is C28H54O3S2. The van der Waals surface area contributed by atoms with Crippen molar-refractivity contribution in [1.29, 1.82) is 0 Å². The van der Waals surface area contributed by atoms with E-state index in [1.54, 1.807) is 0 Å². The molecule has 0 aromatic carbocycles. The van der Waals surface area contributed by atoms with E-state index in [0.717, 1.165) is 19.3 Å². The van der Waals surface area contributed by atoms with Crippen LogP contribution < -0.4 is 0 Å². The number of carbonyl (C=O) groups excluding carboxylic acids is 2. The van der Waals surface area contributed by atoms with Gasteiger partial charge in [0.2, 0.25) is 5.12 Å². The van der Waals surface area contributed by atoms with Gasteiger partial charge in [-0.25, -0.2) is 0 Å². The van der Waals surface area contributed by atoms with Gasteiger partial charge in [-0.2, -0.15) is 0 Å². The zero-order chi connectivity index (χ0) is 24.6. The highest BCUT2D eigenvalue weighted by atomic mass is 32.1. The molecule has 0 heterocycles. The van der Waals surface area contributed by atoms with Crippen molar-refractivity contribution in [2.75, 3.05) is 0 Å². The van der Waals surface area contributed by atoms with Gasteiger partial charge in [0.25, 0.3) is 0 Å². The zero-order valence-electron chi connectivity index (χ0n) is 21.6. The van der Waals surface area contributed by atoms with E-state index in [1.807, 2.05) is 0 Å². The number of rotatable bonds is 26. The van der Waals surface area contributed by atoms with Gasteiger partial charge in [0.1, 0.15) is 5.60 Å². The molecule has 0 aliphatic carbocycles. The van der Waals surface area contributed by atoms with E-state index < -0.39 is 15.8 Å². The Morgan fingerprint density at radius 3 is 1.06 bits per heavy atom. The highest BCUT2D eigenvalue weighted by molar-refractivity contribution is 7.97. The van der Waals surface area contributed by atoms with Crippen LogP contribution in [0.3, 0.4) is 0 Å². The lowest BCUT2D eigenvalue weighted by Gasteiger charge is -2.22. The quantitative estimate of drug-likeness (QED) is 0.0816. The number of hydrogen-bond donors (Lipinski definition) is 3. The molecule has 0 radical (unpaired) electrons. The van der Waals surface area contributed by atoms with Crippen molar-refractivity contribution < 1.29 is 14.7 Å². The Balaban J connectivity index is 3.28. The van der Waals surface area contributed by atoms with Gasteiger partial charge in [0.15, 0.2) is 5.12 Å². The second kappa shape index (κ2) is 23.7. The smallest absolute Gasteiger partial charge is 0.217 e. The van der Waals surface area contributed by atoms with Crippen molar-refractivity contribution in [2.24, 2.45) is 0 Å². The van der Waals surface area contributed by atoms with Crippen LogP contribution in [0.2, 0.25) is 0 Å². The lowest BCUT2D eigenvalue weighted by Crippen LogP contribution is -2.37. The molecule has 1 N–H and O–H groups in total. The van der Waals surface area contributed by atoms with Crippen LogP contribution in [0.5, 0.6) is 0 Å². The van der Waals surface area contributed by atoms with Crippen molar-refractivity contribution in [3.63, 3.8) is 0 Å². The highest BCUT2D eigenvalue weighted by Crippen LogP contribution is 2.24. The molecule has 0 spiro atoms. The maximum absolute atomic E-state index is 11.5. The minimum Gasteiger partial charge on any atom is -0.381 e. The minimum absolute atomic E-state index is 0.252. The molecule has 0 aromatic heterocycles. The van der Waals surface area contributed by atoms with E-state index in [1.165, 1.54) is 122 Å². The Hall–Kier alpha value is -0.0000000000000000555. The molecule has 1 unspecified atom stereocenters. The lowest BCUT2D eigenvalue weighted by molar-refractivity contribution is -0.133. The van der Waals surface area contributed by atoms with Gasteiger partial charge in [0, 0.05) is 0 Å². The summed E-state index contributed by atoms with van der Waals surface area (Å²) in [7, 11) is 0. The molecule has 0 fully saturated rings. The number of unbranched alkanes of at least 4 members (excludes halogenated alkanes) is 21. The topological polar surface area (TPSA) is 54.4 Å². The standard InChI is InChI=1S/C28H54O3S2/c1-2-3-4-5-6-7-8-9-10-11-12-13-14-15-16-17-18-19-20-21-22-23-24-28(31,27(30)33)25-26(29)32/h31H,2-25H2,1H3,(H,29,32)(H,30,33). The Bertz CT molecular complexity index is 470. The summed E-state index contributed by atoms with van der Waals surface area (Å²) in [6, 6.07) is 0. The molecule has 1 atom stereocenters. The van der Waals surface area contributed by atoms with Gasteiger partial charge in [-0.3, -0.25) is 9.59 Å². The molecular weight excluding hydrogens is 448 g/mol. The van der Waals surface area contributed by atoms with Crippen LogP contribution in [0.1, 0.15) is 161 Å². The second-order valence-corrected chi connectivity index (χ2v) is 11.0. The van der Waals surface area contributed by atoms with Crippen LogP contribution >= 0.6 is 25.3 Å². The molecule has 0 rings (SSSR count). The third-order valence-electron chi connectivity index (χ3n) is 6.79. The first-order chi connectivity index (χ1) is 15.9. The SMILES string of the molecule is CCCCCCCCCCCCCCCCCCCCCCCCC(O)(CC(=O)S)C(=O)S. The van der Waals surface area contributed by atoms with Crippen LogP contribution in [-0.4, -0.2) is 20.9 Å². The summed E-state index contributed by atoms with van der Waals surface area (Å²) in [5, 5.41) is 9.12. The van der Waals surface area contributed by atoms with Gasteiger partial charge in [-0.05, 0) is 6.42 Å². The summed E-state index contributed by atoms with van der Waals surface area (Å²) in [6.45, 7) is 2.28. The minimum atomic E-state index is -1.64. The molecule has 33 heavy (non-hydrogen) atoms. The molecule has 196 valence electrons. The normalized spacial score (nSPS) is 13.2.